The molecule has 0 radical (unpaired) electrons. The predicted molar refractivity (Wildman–Crippen MR) is 39.7 cm³/mol. The van der Waals surface area contributed by atoms with Crippen molar-refractivity contribution in [2.24, 2.45) is 0 Å². The van der Waals surface area contributed by atoms with Crippen molar-refractivity contribution >= 4 is 21.9 Å². The number of nitrogens with zero attached hydrogens (tertiary/aromatic N) is 2. The number of rotatable bonds is 2. The van der Waals surface area contributed by atoms with Gasteiger partial charge in [0.25, 0.3) is 0 Å². The molecule has 0 N–H and O–H groups in total. The zero-order valence-corrected chi connectivity index (χ0v) is 7.46. The first-order valence-corrected chi connectivity index (χ1v) is 3.78. The molecule has 1 heterocycles. The van der Waals surface area contributed by atoms with Gasteiger partial charge in [-0.3, -0.25) is 4.68 Å². The van der Waals surface area contributed by atoms with E-state index in [1.54, 1.807) is 13.1 Å². The van der Waals surface area contributed by atoms with Gasteiger partial charge in [0.1, 0.15) is 0 Å². The fraction of sp³-hybridized carbons (Fsp3) is 0.333. The second-order valence-corrected chi connectivity index (χ2v) is 2.96. The van der Waals surface area contributed by atoms with Gasteiger partial charge in [-0.15, -0.1) is 0 Å². The Bertz CT molecular complexity index is 282. The van der Waals surface area contributed by atoms with Gasteiger partial charge in [0.15, 0.2) is 0 Å². The van der Waals surface area contributed by atoms with Crippen LogP contribution in [0.2, 0.25) is 0 Å². The highest BCUT2D eigenvalue weighted by Gasteiger charge is 2.01. The number of aromatic nitrogens is 2. The van der Waals surface area contributed by atoms with Crippen LogP contribution in [0.25, 0.3) is 0 Å². The van der Waals surface area contributed by atoms with Gasteiger partial charge in [-0.05, 0) is 22.9 Å². The zero-order chi connectivity index (χ0) is 8.43. The Morgan fingerprint density at radius 2 is 2.55 bits per heavy atom. The maximum atomic E-state index is 10.1. The lowest BCUT2D eigenvalue weighted by Crippen LogP contribution is -2.28. The molecule has 0 aliphatic heterocycles. The van der Waals surface area contributed by atoms with Crippen molar-refractivity contribution < 1.29 is 9.90 Å². The molecule has 0 fully saturated rings. The molecular weight excluding hydrogens is 212 g/mol. The number of carbonyl (C=O) groups excluding carboxylic acids is 1. The molecule has 0 saturated heterocycles. The summed E-state index contributed by atoms with van der Waals surface area (Å²) in [6, 6.07) is 0. The highest BCUT2D eigenvalue weighted by atomic mass is 79.9. The molecule has 4 nitrogen and oxygen atoms in total. The van der Waals surface area contributed by atoms with Gasteiger partial charge < -0.3 is 9.90 Å². The van der Waals surface area contributed by atoms with E-state index in [2.05, 4.69) is 21.0 Å². The minimum Gasteiger partial charge on any atom is -0.548 e. The first-order valence-electron chi connectivity index (χ1n) is 2.99. The molecule has 0 aliphatic carbocycles. The van der Waals surface area contributed by atoms with Crippen LogP contribution in [0.5, 0.6) is 0 Å². The summed E-state index contributed by atoms with van der Waals surface area (Å²) < 4.78 is 2.16. The van der Waals surface area contributed by atoms with E-state index >= 15 is 0 Å². The van der Waals surface area contributed by atoms with Gasteiger partial charge in [0, 0.05) is 5.69 Å². The maximum absolute atomic E-state index is 10.1. The molecule has 1 aromatic rings. The van der Waals surface area contributed by atoms with Crippen LogP contribution in [0.3, 0.4) is 0 Å². The van der Waals surface area contributed by atoms with E-state index in [-0.39, 0.29) is 6.54 Å². The van der Waals surface area contributed by atoms with E-state index in [0.29, 0.717) is 0 Å². The van der Waals surface area contributed by atoms with E-state index < -0.39 is 5.97 Å². The maximum Gasteiger partial charge on any atom is 0.0808 e. The Morgan fingerprint density at radius 1 is 1.91 bits per heavy atom. The minimum atomic E-state index is -1.14. The average Bonchev–Trinajstić information content (AvgIpc) is 2.18. The third-order valence-corrected chi connectivity index (χ3v) is 2.10. The van der Waals surface area contributed by atoms with E-state index in [1.807, 2.05) is 0 Å². The van der Waals surface area contributed by atoms with Gasteiger partial charge in [-0.2, -0.15) is 5.10 Å². The molecule has 0 spiro atoms. The van der Waals surface area contributed by atoms with Crippen molar-refractivity contribution in [1.29, 1.82) is 0 Å². The second kappa shape index (κ2) is 3.04. The van der Waals surface area contributed by atoms with Gasteiger partial charge in [-0.1, -0.05) is 0 Å². The Morgan fingerprint density at radius 3 is 2.91 bits per heavy atom. The third kappa shape index (κ3) is 1.80. The molecule has 1 rings (SSSR count). The highest BCUT2D eigenvalue weighted by Crippen LogP contribution is 2.13. The van der Waals surface area contributed by atoms with Crippen molar-refractivity contribution in [3.63, 3.8) is 0 Å². The summed E-state index contributed by atoms with van der Waals surface area (Å²) in [5.74, 6) is -1.14. The fourth-order valence-corrected chi connectivity index (χ4v) is 1.00. The van der Waals surface area contributed by atoms with Crippen molar-refractivity contribution in [2.45, 2.75) is 13.5 Å². The average molecular weight is 218 g/mol. The summed E-state index contributed by atoms with van der Waals surface area (Å²) in [4.78, 5) is 10.1. The van der Waals surface area contributed by atoms with Crippen LogP contribution in [0.15, 0.2) is 10.7 Å². The van der Waals surface area contributed by atoms with Gasteiger partial charge in [-0.25, -0.2) is 0 Å². The van der Waals surface area contributed by atoms with Crippen LogP contribution < -0.4 is 5.11 Å². The molecule has 0 aromatic carbocycles. The van der Waals surface area contributed by atoms with Crippen LogP contribution in [-0.2, 0) is 11.3 Å². The molecule has 5 heteroatoms. The van der Waals surface area contributed by atoms with E-state index in [1.165, 1.54) is 4.68 Å². The quantitative estimate of drug-likeness (QED) is 0.684. The summed E-state index contributed by atoms with van der Waals surface area (Å²) in [6.07, 6.45) is 1.55. The largest absolute Gasteiger partial charge is 0.548 e. The van der Waals surface area contributed by atoms with E-state index in [4.69, 9.17) is 0 Å². The van der Waals surface area contributed by atoms with Gasteiger partial charge in [0.05, 0.1) is 23.2 Å². The number of aliphatic carboxylic acids is 1. The lowest BCUT2D eigenvalue weighted by Gasteiger charge is -2.03. The number of carbonyl (C=O) groups is 1. The molecular formula is C6H6BrN2O2-. The highest BCUT2D eigenvalue weighted by molar-refractivity contribution is 9.10. The van der Waals surface area contributed by atoms with Gasteiger partial charge >= 0.3 is 0 Å². The van der Waals surface area contributed by atoms with Crippen LogP contribution in [-0.4, -0.2) is 15.7 Å². The Labute approximate surface area is 72.0 Å². The first-order chi connectivity index (χ1) is 5.11. The summed E-state index contributed by atoms with van der Waals surface area (Å²) >= 11 is 3.21. The van der Waals surface area contributed by atoms with E-state index in [0.717, 1.165) is 10.2 Å². The molecule has 0 amide bonds. The summed E-state index contributed by atoms with van der Waals surface area (Å²) in [6.45, 7) is 1.58. The fourth-order valence-electron chi connectivity index (χ4n) is 0.705. The van der Waals surface area contributed by atoms with Crippen molar-refractivity contribution in [1.82, 2.24) is 9.78 Å². The van der Waals surface area contributed by atoms with Gasteiger partial charge in [0.2, 0.25) is 0 Å². The first kappa shape index (κ1) is 8.26. The van der Waals surface area contributed by atoms with E-state index in [9.17, 15) is 9.90 Å². The molecule has 0 aliphatic rings. The standard InChI is InChI=1S/C6H7BrN2O2/c1-4-5(7)2-8-9(4)3-6(10)11/h2H,3H2,1H3,(H,10,11)/p-1. The molecule has 0 atom stereocenters. The summed E-state index contributed by atoms with van der Waals surface area (Å²) in [5, 5.41) is 13.9. The SMILES string of the molecule is Cc1c(Br)cnn1CC(=O)[O-]. The van der Waals surface area contributed by atoms with Crippen LogP contribution in [0.4, 0.5) is 0 Å². The van der Waals surface area contributed by atoms with Crippen LogP contribution in [0, 0.1) is 6.92 Å². The molecule has 0 unspecified atom stereocenters. The number of carboxylic acid groups (broad SMARTS) is 1. The van der Waals surface area contributed by atoms with Crippen molar-refractivity contribution in [3.8, 4) is 0 Å². The lowest BCUT2D eigenvalue weighted by molar-refractivity contribution is -0.306. The predicted octanol–water partition coefficient (Wildman–Crippen LogP) is -0.296. The molecule has 0 bridgehead atoms. The molecule has 1 aromatic heterocycles. The smallest absolute Gasteiger partial charge is 0.0808 e. The Hall–Kier alpha value is -0.840. The molecule has 0 saturated carbocycles. The van der Waals surface area contributed by atoms with Crippen LogP contribution >= 0.6 is 15.9 Å². The number of hydrogen-bond donors (Lipinski definition) is 0. The number of carboxylic acids is 1. The Kier molecular flexibility index (Phi) is 2.28. The summed E-state index contributed by atoms with van der Waals surface area (Å²) in [7, 11) is 0. The topological polar surface area (TPSA) is 58.0 Å². The zero-order valence-electron chi connectivity index (χ0n) is 5.87. The second-order valence-electron chi connectivity index (χ2n) is 2.11. The number of hydrogen-bond acceptors (Lipinski definition) is 3. The van der Waals surface area contributed by atoms with Crippen molar-refractivity contribution in [3.05, 3.63) is 16.4 Å². The van der Waals surface area contributed by atoms with Crippen molar-refractivity contribution in [2.75, 3.05) is 0 Å². The molecule has 60 valence electrons. The normalized spacial score (nSPS) is 10.0. The van der Waals surface area contributed by atoms with Crippen LogP contribution in [0.1, 0.15) is 5.69 Å². The molecule has 11 heavy (non-hydrogen) atoms. The Balaban J connectivity index is 2.87. The minimum absolute atomic E-state index is 0.197. The summed E-state index contributed by atoms with van der Waals surface area (Å²) in [5.41, 5.74) is 0.786. The third-order valence-electron chi connectivity index (χ3n) is 1.32. The monoisotopic (exact) mass is 217 g/mol. The lowest BCUT2D eigenvalue weighted by atomic mass is 10.5. The number of halogens is 1.